The Morgan fingerprint density at radius 1 is 1.14 bits per heavy atom. The van der Waals surface area contributed by atoms with Crippen molar-refractivity contribution < 1.29 is 24.6 Å². The molecule has 2 aliphatic heterocycles. The van der Waals surface area contributed by atoms with Crippen LogP contribution in [0.25, 0.3) is 10.9 Å². The fourth-order valence-electron chi connectivity index (χ4n) is 5.17. The highest BCUT2D eigenvalue weighted by atomic mass is 16.4. The topological polar surface area (TPSA) is 120 Å². The van der Waals surface area contributed by atoms with Gasteiger partial charge in [-0.3, -0.25) is 9.59 Å². The van der Waals surface area contributed by atoms with Crippen molar-refractivity contribution in [3.63, 3.8) is 0 Å². The van der Waals surface area contributed by atoms with Crippen molar-refractivity contribution in [2.45, 2.75) is 25.2 Å². The van der Waals surface area contributed by atoms with E-state index in [4.69, 9.17) is 0 Å². The average molecular weight is 490 g/mol. The van der Waals surface area contributed by atoms with E-state index >= 15 is 0 Å². The molecule has 2 atom stereocenters. The molecule has 1 aromatic heterocycles. The highest BCUT2D eigenvalue weighted by Crippen LogP contribution is 2.30. The van der Waals surface area contributed by atoms with E-state index in [1.165, 1.54) is 22.0 Å². The zero-order chi connectivity index (χ0) is 25.4. The lowest BCUT2D eigenvalue weighted by Crippen LogP contribution is -2.75. The number of carbonyl (C=O) groups excluding carboxylic acids is 2. The first-order valence-corrected chi connectivity index (χ1v) is 11.7. The van der Waals surface area contributed by atoms with Gasteiger partial charge in [-0.25, -0.2) is 14.8 Å². The number of benzene rings is 2. The second kappa shape index (κ2) is 9.38. The van der Waals surface area contributed by atoms with Gasteiger partial charge in [-0.2, -0.15) is 0 Å². The first-order valence-electron chi connectivity index (χ1n) is 11.7. The number of aromatic hydroxyl groups is 1. The van der Waals surface area contributed by atoms with Gasteiger partial charge in [0.15, 0.2) is 0 Å². The number of hydrogen-bond donors (Lipinski definition) is 3. The Bertz CT molecular complexity index is 1320. The monoisotopic (exact) mass is 489 g/mol. The minimum absolute atomic E-state index is 0.0354. The van der Waals surface area contributed by atoms with Crippen LogP contribution in [0.3, 0.4) is 0 Å². The zero-order valence-electron chi connectivity index (χ0n) is 19.6. The van der Waals surface area contributed by atoms with E-state index in [9.17, 15) is 24.6 Å². The summed E-state index contributed by atoms with van der Waals surface area (Å²) < 4.78 is 0. The maximum Gasteiger partial charge on any atom is 0.424 e. The Labute approximate surface area is 207 Å². The van der Waals surface area contributed by atoms with Crippen LogP contribution in [-0.4, -0.2) is 84.8 Å². The first-order chi connectivity index (χ1) is 17.4. The summed E-state index contributed by atoms with van der Waals surface area (Å²) in [4.78, 5) is 45.8. The van der Waals surface area contributed by atoms with Gasteiger partial charge in [-0.1, -0.05) is 36.4 Å². The number of nitrogens with one attached hydrogen (secondary N) is 1. The second-order valence-electron chi connectivity index (χ2n) is 9.01. The van der Waals surface area contributed by atoms with Crippen molar-refractivity contribution in [3.05, 3.63) is 78.5 Å². The van der Waals surface area contributed by atoms with Crippen molar-refractivity contribution in [2.24, 2.45) is 0 Å². The third kappa shape index (κ3) is 4.16. The molecule has 3 heterocycles. The third-order valence-corrected chi connectivity index (χ3v) is 6.77. The SMILES string of the molecule is C=CCN1CC(=O)N2C(Cc3ccc(O)cc3)C(=O)N(Cc3cccc4cc[nH]c34)CC2N1C(=O)O. The van der Waals surface area contributed by atoms with Crippen molar-refractivity contribution in [1.29, 1.82) is 0 Å². The number of carboxylic acid groups (broad SMARTS) is 1. The molecule has 0 spiro atoms. The van der Waals surface area contributed by atoms with Gasteiger partial charge in [-0.15, -0.1) is 6.58 Å². The van der Waals surface area contributed by atoms with E-state index in [1.807, 2.05) is 30.5 Å². The maximum atomic E-state index is 13.8. The summed E-state index contributed by atoms with van der Waals surface area (Å²) in [7, 11) is 0. The Morgan fingerprint density at radius 2 is 1.92 bits per heavy atom. The van der Waals surface area contributed by atoms with E-state index in [2.05, 4.69) is 11.6 Å². The molecule has 5 rings (SSSR count). The van der Waals surface area contributed by atoms with Crippen LogP contribution < -0.4 is 0 Å². The largest absolute Gasteiger partial charge is 0.508 e. The number of rotatable bonds is 6. The van der Waals surface area contributed by atoms with Gasteiger partial charge in [0.05, 0.1) is 18.6 Å². The van der Waals surface area contributed by atoms with Gasteiger partial charge in [0.2, 0.25) is 11.8 Å². The molecule has 2 fully saturated rings. The molecule has 36 heavy (non-hydrogen) atoms. The number of amides is 3. The van der Waals surface area contributed by atoms with Crippen LogP contribution in [0.15, 0.2) is 67.4 Å². The summed E-state index contributed by atoms with van der Waals surface area (Å²) in [5.74, 6) is -0.472. The van der Waals surface area contributed by atoms with E-state index in [1.54, 1.807) is 23.1 Å². The summed E-state index contributed by atoms with van der Waals surface area (Å²) in [5, 5.41) is 23.4. The molecule has 3 N–H and O–H groups in total. The average Bonchev–Trinajstić information content (AvgIpc) is 3.33. The van der Waals surface area contributed by atoms with Gasteiger partial charge in [0, 0.05) is 25.7 Å². The Kier molecular flexibility index (Phi) is 6.11. The molecule has 186 valence electrons. The lowest BCUT2D eigenvalue weighted by atomic mass is 9.98. The fourth-order valence-corrected chi connectivity index (χ4v) is 5.17. The van der Waals surface area contributed by atoms with E-state index in [-0.39, 0.29) is 50.2 Å². The predicted octanol–water partition coefficient (Wildman–Crippen LogP) is 2.38. The molecule has 3 aromatic rings. The molecule has 2 unspecified atom stereocenters. The van der Waals surface area contributed by atoms with Gasteiger partial charge in [0.25, 0.3) is 0 Å². The van der Waals surface area contributed by atoms with E-state index < -0.39 is 18.3 Å². The molecule has 0 bridgehead atoms. The van der Waals surface area contributed by atoms with Crippen LogP contribution in [0, 0.1) is 0 Å². The summed E-state index contributed by atoms with van der Waals surface area (Å²) in [5.41, 5.74) is 2.56. The Balaban J connectivity index is 1.54. The van der Waals surface area contributed by atoms with Crippen LogP contribution in [0.5, 0.6) is 5.75 Å². The zero-order valence-corrected chi connectivity index (χ0v) is 19.6. The fraction of sp³-hybridized carbons (Fsp3) is 0.269. The number of para-hydroxylation sites is 1. The lowest BCUT2D eigenvalue weighted by molar-refractivity contribution is -0.192. The molecule has 3 amide bonds. The molecule has 2 aliphatic rings. The summed E-state index contributed by atoms with van der Waals surface area (Å²) in [6.07, 6.45) is 1.49. The maximum absolute atomic E-state index is 13.8. The quantitative estimate of drug-likeness (QED) is 0.458. The Morgan fingerprint density at radius 3 is 2.64 bits per heavy atom. The van der Waals surface area contributed by atoms with Crippen LogP contribution in [0.4, 0.5) is 4.79 Å². The number of aromatic amines is 1. The van der Waals surface area contributed by atoms with E-state index in [0.29, 0.717) is 0 Å². The van der Waals surface area contributed by atoms with Crippen LogP contribution in [0.1, 0.15) is 11.1 Å². The van der Waals surface area contributed by atoms with E-state index in [0.717, 1.165) is 27.0 Å². The number of carbonyl (C=O) groups is 3. The highest BCUT2D eigenvalue weighted by Gasteiger charge is 2.51. The number of aromatic nitrogens is 1. The normalized spacial score (nSPS) is 20.6. The number of hydrazine groups is 1. The van der Waals surface area contributed by atoms with Gasteiger partial charge < -0.3 is 25.0 Å². The van der Waals surface area contributed by atoms with Crippen LogP contribution in [0.2, 0.25) is 0 Å². The molecule has 2 aromatic carbocycles. The highest BCUT2D eigenvalue weighted by molar-refractivity contribution is 5.92. The summed E-state index contributed by atoms with van der Waals surface area (Å²) in [6.45, 7) is 3.99. The van der Waals surface area contributed by atoms with Crippen molar-refractivity contribution >= 4 is 28.8 Å². The number of phenols is 1. The molecule has 2 saturated heterocycles. The minimum atomic E-state index is -1.21. The molecular formula is C26H27N5O5. The predicted molar refractivity (Wildman–Crippen MR) is 132 cm³/mol. The summed E-state index contributed by atoms with van der Waals surface area (Å²) >= 11 is 0. The lowest BCUT2D eigenvalue weighted by Gasteiger charge is -2.54. The van der Waals surface area contributed by atoms with Gasteiger partial charge in [0.1, 0.15) is 18.0 Å². The number of fused-ring (bicyclic) bond motifs is 2. The van der Waals surface area contributed by atoms with Crippen molar-refractivity contribution in [1.82, 2.24) is 24.8 Å². The second-order valence-corrected chi connectivity index (χ2v) is 9.01. The number of phenolic OH excluding ortho intramolecular Hbond substituents is 1. The number of nitrogens with zero attached hydrogens (tertiary/aromatic N) is 4. The molecule has 0 aliphatic carbocycles. The standard InChI is InChI=1S/C26H27N5O5/c1-2-12-29-16-23(33)30-21(13-17-6-8-20(32)9-7-17)25(34)28(15-22(30)31(29)26(35)36)14-19-5-3-4-18-10-11-27-24(18)19/h2-11,21-22,27,32H,1,12-16H2,(H,35,36). The number of hydrogen-bond acceptors (Lipinski definition) is 5. The first kappa shape index (κ1) is 23.4. The molecule has 0 radical (unpaired) electrons. The number of piperazine rings is 1. The molecule has 10 nitrogen and oxygen atoms in total. The van der Waals surface area contributed by atoms with Crippen LogP contribution in [-0.2, 0) is 22.6 Å². The Hall–Kier alpha value is -4.31. The number of H-pyrrole nitrogens is 1. The van der Waals surface area contributed by atoms with Gasteiger partial charge >= 0.3 is 6.09 Å². The minimum Gasteiger partial charge on any atom is -0.508 e. The molecular weight excluding hydrogens is 462 g/mol. The molecule has 0 saturated carbocycles. The van der Waals surface area contributed by atoms with Crippen molar-refractivity contribution in [3.8, 4) is 5.75 Å². The molecule has 10 heteroatoms. The van der Waals surface area contributed by atoms with Gasteiger partial charge in [-0.05, 0) is 34.7 Å². The smallest absolute Gasteiger partial charge is 0.424 e. The van der Waals surface area contributed by atoms with Crippen LogP contribution >= 0.6 is 0 Å². The summed E-state index contributed by atoms with van der Waals surface area (Å²) in [6, 6.07) is 13.3. The van der Waals surface area contributed by atoms with Crippen molar-refractivity contribution in [2.75, 3.05) is 19.6 Å². The third-order valence-electron chi connectivity index (χ3n) is 6.77.